The molecule has 2 aromatic rings. The van der Waals surface area contributed by atoms with Crippen molar-refractivity contribution in [3.63, 3.8) is 0 Å². The molecule has 0 unspecified atom stereocenters. The molecule has 1 saturated heterocycles. The summed E-state index contributed by atoms with van der Waals surface area (Å²) in [6.45, 7) is 13.9. The number of hydrogen-bond donors (Lipinski definition) is 1. The van der Waals surface area contributed by atoms with Crippen LogP contribution in [0.15, 0.2) is 12.1 Å². The van der Waals surface area contributed by atoms with Gasteiger partial charge in [-0.2, -0.15) is 10.1 Å². The summed E-state index contributed by atoms with van der Waals surface area (Å²) in [6.07, 6.45) is -2.41. The maximum Gasteiger partial charge on any atom is 0.410 e. The van der Waals surface area contributed by atoms with Gasteiger partial charge < -0.3 is 25.0 Å². The number of hydrogen-bond acceptors (Lipinski definition) is 8. The van der Waals surface area contributed by atoms with Crippen LogP contribution in [-0.4, -0.2) is 77.2 Å². The number of carbonyl (C=O) groups is 1. The number of ether oxygens (including phenoxy) is 2. The minimum Gasteiger partial charge on any atom is -0.444 e. The largest absolute Gasteiger partial charge is 0.444 e. The number of halogens is 2. The molecule has 1 atom stereocenters. The number of rotatable bonds is 9. The van der Waals surface area contributed by atoms with E-state index >= 15 is 0 Å². The molecule has 0 aromatic carbocycles. The number of likely N-dealkylation sites (N-methyl/N-ethyl adjacent to an activating group) is 1. The number of alkyl halides is 2. The number of nitrogens with zero attached hydrogens (tertiary/aromatic N) is 6. The first-order valence-electron chi connectivity index (χ1n) is 12.4. The molecule has 10 nitrogen and oxygen atoms in total. The average Bonchev–Trinajstić information content (AvgIpc) is 3.42. The summed E-state index contributed by atoms with van der Waals surface area (Å²) >= 11 is 0. The quantitative estimate of drug-likeness (QED) is 0.363. The molecule has 2 N–H and O–H groups in total. The summed E-state index contributed by atoms with van der Waals surface area (Å²) in [6, 6.07) is 3.88. The SMILES string of the molecule is CN(C(=O)OC(C)(C)C)[C@@H]1CCN(c2cc(-c3cc(C(F)F)nn3COCC[Si](C)(C)C)nc(N)n2)C1. The first-order valence-corrected chi connectivity index (χ1v) is 16.1. The standard InChI is InChI=1S/C24H39F2N7O3Si/c1-24(2,3)36-23(34)31(4)16-8-9-32(14-16)20-13-17(28-22(27)29-20)19-12-18(21(25)26)30-33(19)15-35-10-11-37(5,6)7/h12-13,16,21H,8-11,14-15H2,1-7H3,(H2,27,28,29)/t16-/m1/s1. The zero-order valence-electron chi connectivity index (χ0n) is 22.8. The van der Waals surface area contributed by atoms with Crippen molar-refractivity contribution in [3.05, 3.63) is 17.8 Å². The molecule has 37 heavy (non-hydrogen) atoms. The smallest absolute Gasteiger partial charge is 0.410 e. The zero-order valence-corrected chi connectivity index (χ0v) is 23.8. The van der Waals surface area contributed by atoms with Gasteiger partial charge >= 0.3 is 6.09 Å². The van der Waals surface area contributed by atoms with E-state index in [0.717, 1.165) is 6.04 Å². The Hall–Kier alpha value is -2.80. The van der Waals surface area contributed by atoms with Crippen LogP contribution in [0.4, 0.5) is 25.3 Å². The second-order valence-electron chi connectivity index (χ2n) is 11.6. The molecule has 0 bridgehead atoms. The van der Waals surface area contributed by atoms with E-state index in [1.165, 1.54) is 10.7 Å². The Morgan fingerprint density at radius 2 is 1.97 bits per heavy atom. The molecule has 3 heterocycles. The minimum absolute atomic E-state index is 0.0162. The van der Waals surface area contributed by atoms with Crippen LogP contribution in [0.25, 0.3) is 11.4 Å². The molecule has 0 aliphatic carbocycles. The van der Waals surface area contributed by atoms with Crippen molar-refractivity contribution in [1.82, 2.24) is 24.6 Å². The van der Waals surface area contributed by atoms with Crippen LogP contribution in [0, 0.1) is 0 Å². The average molecular weight is 540 g/mol. The third-order valence-electron chi connectivity index (χ3n) is 5.94. The molecule has 1 amide bonds. The van der Waals surface area contributed by atoms with Crippen molar-refractivity contribution in [3.8, 4) is 11.4 Å². The van der Waals surface area contributed by atoms with Gasteiger partial charge in [-0.3, -0.25) is 0 Å². The lowest BCUT2D eigenvalue weighted by Gasteiger charge is -2.28. The highest BCUT2D eigenvalue weighted by Gasteiger charge is 2.32. The van der Waals surface area contributed by atoms with Crippen LogP contribution in [0.2, 0.25) is 25.7 Å². The molecular formula is C24H39F2N7O3Si. The van der Waals surface area contributed by atoms with Gasteiger partial charge in [0.15, 0.2) is 0 Å². The summed E-state index contributed by atoms with van der Waals surface area (Å²) in [4.78, 5) is 24.8. The first kappa shape index (κ1) is 28.8. The lowest BCUT2D eigenvalue weighted by Crippen LogP contribution is -2.42. The fourth-order valence-electron chi connectivity index (χ4n) is 3.87. The number of aromatic nitrogens is 4. The molecule has 1 aliphatic heterocycles. The van der Waals surface area contributed by atoms with Gasteiger partial charge in [-0.25, -0.2) is 23.2 Å². The fraction of sp³-hybridized carbons (Fsp3) is 0.667. The topological polar surface area (TPSA) is 112 Å². The van der Waals surface area contributed by atoms with Crippen LogP contribution in [0.3, 0.4) is 0 Å². The van der Waals surface area contributed by atoms with Crippen molar-refractivity contribution in [2.75, 3.05) is 37.4 Å². The first-order chi connectivity index (χ1) is 17.1. The lowest BCUT2D eigenvalue weighted by atomic mass is 10.2. The van der Waals surface area contributed by atoms with Gasteiger partial charge in [-0.1, -0.05) is 19.6 Å². The third kappa shape index (κ3) is 8.09. The van der Waals surface area contributed by atoms with Crippen molar-refractivity contribution in [2.24, 2.45) is 0 Å². The van der Waals surface area contributed by atoms with E-state index in [-0.39, 0.29) is 30.5 Å². The van der Waals surface area contributed by atoms with Crippen LogP contribution in [-0.2, 0) is 16.2 Å². The van der Waals surface area contributed by atoms with Crippen molar-refractivity contribution >= 4 is 25.9 Å². The maximum absolute atomic E-state index is 13.5. The number of nitrogen functional groups attached to an aromatic ring is 1. The Labute approximate surface area is 218 Å². The van der Waals surface area contributed by atoms with E-state index in [2.05, 4.69) is 34.7 Å². The molecule has 0 spiro atoms. The summed E-state index contributed by atoms with van der Waals surface area (Å²) < 4.78 is 39.6. The normalized spacial score (nSPS) is 16.5. The summed E-state index contributed by atoms with van der Waals surface area (Å²) in [5.74, 6) is 0.566. The van der Waals surface area contributed by atoms with Gasteiger partial charge in [-0.15, -0.1) is 0 Å². The summed E-state index contributed by atoms with van der Waals surface area (Å²) in [5.41, 5.74) is 5.83. The van der Waals surface area contributed by atoms with Gasteiger partial charge in [0.05, 0.1) is 17.4 Å². The van der Waals surface area contributed by atoms with E-state index in [9.17, 15) is 13.6 Å². The molecule has 3 rings (SSSR count). The molecular weight excluding hydrogens is 500 g/mol. The summed E-state index contributed by atoms with van der Waals surface area (Å²) in [5, 5.41) is 4.04. The monoisotopic (exact) mass is 539 g/mol. The molecule has 2 aromatic heterocycles. The number of nitrogens with two attached hydrogens (primary N) is 1. The Kier molecular flexibility index (Phi) is 8.78. The van der Waals surface area contributed by atoms with Crippen LogP contribution >= 0.6 is 0 Å². The predicted molar refractivity (Wildman–Crippen MR) is 141 cm³/mol. The molecule has 1 fully saturated rings. The Morgan fingerprint density at radius 1 is 1.27 bits per heavy atom. The molecule has 0 radical (unpaired) electrons. The van der Waals surface area contributed by atoms with Crippen molar-refractivity contribution in [2.45, 2.75) is 77.7 Å². The van der Waals surface area contributed by atoms with E-state index in [1.54, 1.807) is 18.0 Å². The second-order valence-corrected chi connectivity index (χ2v) is 17.2. The maximum atomic E-state index is 13.5. The Balaban J connectivity index is 1.79. The van der Waals surface area contributed by atoms with Crippen LogP contribution in [0.1, 0.15) is 39.3 Å². The van der Waals surface area contributed by atoms with E-state index < -0.39 is 20.1 Å². The zero-order chi connectivity index (χ0) is 27.5. The van der Waals surface area contributed by atoms with E-state index in [0.29, 0.717) is 43.3 Å². The highest BCUT2D eigenvalue weighted by Crippen LogP contribution is 2.29. The Bertz CT molecular complexity index is 1090. The molecule has 13 heteroatoms. The van der Waals surface area contributed by atoms with E-state index in [4.69, 9.17) is 15.2 Å². The molecule has 0 saturated carbocycles. The predicted octanol–water partition coefficient (Wildman–Crippen LogP) is 4.62. The highest BCUT2D eigenvalue weighted by atomic mass is 28.3. The third-order valence-corrected chi connectivity index (χ3v) is 7.65. The van der Waals surface area contributed by atoms with Crippen molar-refractivity contribution < 1.29 is 23.0 Å². The van der Waals surface area contributed by atoms with Gasteiger partial charge in [0.25, 0.3) is 6.43 Å². The van der Waals surface area contributed by atoms with Crippen LogP contribution in [0.5, 0.6) is 0 Å². The van der Waals surface area contributed by atoms with Gasteiger partial charge in [-0.05, 0) is 39.3 Å². The van der Waals surface area contributed by atoms with E-state index in [1.807, 2.05) is 25.7 Å². The number of amides is 1. The minimum atomic E-state index is -2.73. The highest BCUT2D eigenvalue weighted by molar-refractivity contribution is 6.76. The molecule has 1 aliphatic rings. The van der Waals surface area contributed by atoms with Crippen molar-refractivity contribution in [1.29, 1.82) is 0 Å². The van der Waals surface area contributed by atoms with Gasteiger partial charge in [0, 0.05) is 40.9 Å². The fourth-order valence-corrected chi connectivity index (χ4v) is 4.63. The van der Waals surface area contributed by atoms with Crippen LogP contribution < -0.4 is 10.6 Å². The Morgan fingerprint density at radius 3 is 2.59 bits per heavy atom. The van der Waals surface area contributed by atoms with Gasteiger partial charge in [0.2, 0.25) is 5.95 Å². The summed E-state index contributed by atoms with van der Waals surface area (Å²) in [7, 11) is 0.418. The number of anilines is 2. The van der Waals surface area contributed by atoms with Gasteiger partial charge in [0.1, 0.15) is 23.8 Å². The number of carbonyl (C=O) groups excluding carboxylic acids is 1. The second kappa shape index (κ2) is 11.3. The molecule has 206 valence electrons. The lowest BCUT2D eigenvalue weighted by molar-refractivity contribution is 0.0237.